The first kappa shape index (κ1) is 31.4. The fraction of sp³-hybridized carbons (Fsp3) is 0.833. The molecule has 6 N–H and O–H groups in total. The third-order valence-electron chi connectivity index (χ3n) is 5.24. The predicted octanol–water partition coefficient (Wildman–Crippen LogP) is -3.98. The van der Waals surface area contributed by atoms with Gasteiger partial charge in [0.15, 0.2) is 0 Å². The number of carboxylic acids is 3. The van der Waals surface area contributed by atoms with Crippen LogP contribution in [0.2, 0.25) is 0 Å². The second-order valence-corrected chi connectivity index (χ2v) is 7.55. The van der Waals surface area contributed by atoms with Crippen LogP contribution in [0.5, 0.6) is 0 Å². The van der Waals surface area contributed by atoms with Crippen molar-refractivity contribution in [3.05, 3.63) is 0 Å². The first-order valence-electron chi connectivity index (χ1n) is 10.1. The van der Waals surface area contributed by atoms with E-state index in [1.165, 1.54) is 0 Å². The summed E-state index contributed by atoms with van der Waals surface area (Å²) in [6, 6.07) is -0.796. The van der Waals surface area contributed by atoms with Crippen LogP contribution in [0.1, 0.15) is 2.85 Å². The zero-order chi connectivity index (χ0) is 23.4. The Morgan fingerprint density at radius 3 is 1.22 bits per heavy atom. The van der Waals surface area contributed by atoms with Crippen LogP contribution in [0, 0.1) is 0 Å². The van der Waals surface area contributed by atoms with E-state index < -0.39 is 43.3 Å². The number of aliphatic hydroxyl groups is 3. The van der Waals surface area contributed by atoms with Crippen molar-refractivity contribution in [1.29, 1.82) is 0 Å². The predicted molar refractivity (Wildman–Crippen MR) is 116 cm³/mol. The van der Waals surface area contributed by atoms with Crippen LogP contribution in [0.25, 0.3) is 0 Å². The van der Waals surface area contributed by atoms with Crippen LogP contribution in [-0.4, -0.2) is 203 Å². The molecular weight excluding hydrogens is 456 g/mol. The van der Waals surface area contributed by atoms with Gasteiger partial charge in [-0.2, -0.15) is 0 Å². The molecule has 1 rings (SSSR count). The molecule has 0 aromatic heterocycles. The molecule has 1 aliphatic rings. The SMILES string of the molecule is O=C(O)CN1CCN(CC(=O)O)CCN([C@H](CO)[C@H](O)CO)CCN(CC(=O)O)CC1.[Ca+2].[H-].[H-]. The molecule has 0 radical (unpaired) electrons. The van der Waals surface area contributed by atoms with E-state index in [4.69, 9.17) is 5.11 Å². The normalized spacial score (nSPS) is 20.3. The Hall–Kier alpha value is -0.610. The second-order valence-electron chi connectivity index (χ2n) is 7.55. The third-order valence-corrected chi connectivity index (χ3v) is 5.24. The van der Waals surface area contributed by atoms with E-state index in [9.17, 15) is 39.9 Å². The topological polar surface area (TPSA) is 186 Å². The minimum Gasteiger partial charge on any atom is -1.00 e. The number of rotatable bonds is 10. The van der Waals surface area contributed by atoms with Crippen molar-refractivity contribution < 1.29 is 47.9 Å². The summed E-state index contributed by atoms with van der Waals surface area (Å²) in [6.45, 7) is 0.396. The molecule has 0 unspecified atom stereocenters. The van der Waals surface area contributed by atoms with Crippen LogP contribution in [0.4, 0.5) is 0 Å². The Morgan fingerprint density at radius 1 is 0.656 bits per heavy atom. The molecule has 0 aliphatic carbocycles. The molecule has 13 nitrogen and oxygen atoms in total. The summed E-state index contributed by atoms with van der Waals surface area (Å²) in [5.74, 6) is -3.10. The van der Waals surface area contributed by atoms with E-state index in [-0.39, 0.29) is 113 Å². The second kappa shape index (κ2) is 16.9. The smallest absolute Gasteiger partial charge is 1.00 e. The molecule has 0 aromatic rings. The van der Waals surface area contributed by atoms with Crippen LogP contribution in [0.15, 0.2) is 0 Å². The van der Waals surface area contributed by atoms with Crippen molar-refractivity contribution in [1.82, 2.24) is 19.6 Å². The minimum atomic E-state index is -1.22. The van der Waals surface area contributed by atoms with Crippen molar-refractivity contribution in [3.8, 4) is 0 Å². The van der Waals surface area contributed by atoms with Gasteiger partial charge in [-0.05, 0) is 0 Å². The molecule has 1 saturated heterocycles. The maximum Gasteiger partial charge on any atom is 2.00 e. The van der Waals surface area contributed by atoms with Gasteiger partial charge in [-0.15, -0.1) is 0 Å². The van der Waals surface area contributed by atoms with Crippen molar-refractivity contribution in [2.45, 2.75) is 12.1 Å². The number of carbonyl (C=O) groups is 3. The van der Waals surface area contributed by atoms with Gasteiger partial charge in [0.25, 0.3) is 0 Å². The Balaban J connectivity index is -0.00000320. The van der Waals surface area contributed by atoms with Gasteiger partial charge in [0.05, 0.1) is 45.0 Å². The van der Waals surface area contributed by atoms with E-state index in [2.05, 4.69) is 0 Å². The molecular formula is C18H36CaN4O9. The van der Waals surface area contributed by atoms with Gasteiger partial charge in [0, 0.05) is 52.4 Å². The fourth-order valence-corrected chi connectivity index (χ4v) is 3.53. The molecule has 1 fully saturated rings. The van der Waals surface area contributed by atoms with Crippen LogP contribution in [-0.2, 0) is 14.4 Å². The monoisotopic (exact) mass is 492 g/mol. The average molecular weight is 493 g/mol. The average Bonchev–Trinajstić information content (AvgIpc) is 2.68. The fourth-order valence-electron chi connectivity index (χ4n) is 3.53. The number of nitrogens with zero attached hydrogens (tertiary/aromatic N) is 4. The first-order valence-corrected chi connectivity index (χ1v) is 10.1. The van der Waals surface area contributed by atoms with Gasteiger partial charge in [-0.25, -0.2) is 0 Å². The van der Waals surface area contributed by atoms with Gasteiger partial charge in [0.1, 0.15) is 0 Å². The molecule has 1 heterocycles. The van der Waals surface area contributed by atoms with Crippen LogP contribution >= 0.6 is 0 Å². The molecule has 32 heavy (non-hydrogen) atoms. The van der Waals surface area contributed by atoms with Gasteiger partial charge in [-0.1, -0.05) is 0 Å². The molecule has 0 saturated carbocycles. The third kappa shape index (κ3) is 12.6. The van der Waals surface area contributed by atoms with Crippen molar-refractivity contribution in [2.75, 3.05) is 85.2 Å². The maximum absolute atomic E-state index is 11.2. The van der Waals surface area contributed by atoms with E-state index in [1.54, 1.807) is 19.6 Å². The Labute approximate surface area is 219 Å². The molecule has 0 spiro atoms. The summed E-state index contributed by atoms with van der Waals surface area (Å²) in [6.07, 6.45) is -1.22. The van der Waals surface area contributed by atoms with E-state index in [0.717, 1.165) is 0 Å². The molecule has 184 valence electrons. The molecule has 1 aliphatic heterocycles. The Kier molecular flexibility index (Phi) is 16.6. The first-order chi connectivity index (χ1) is 14.7. The van der Waals surface area contributed by atoms with E-state index >= 15 is 0 Å². The zero-order valence-corrected chi connectivity index (χ0v) is 20.5. The van der Waals surface area contributed by atoms with Crippen LogP contribution < -0.4 is 0 Å². The number of aliphatic hydroxyl groups excluding tert-OH is 3. The zero-order valence-electron chi connectivity index (χ0n) is 20.3. The quantitative estimate of drug-likeness (QED) is 0.162. The van der Waals surface area contributed by atoms with Crippen LogP contribution in [0.3, 0.4) is 0 Å². The molecule has 0 bridgehead atoms. The van der Waals surface area contributed by atoms with Gasteiger partial charge in [-0.3, -0.25) is 34.0 Å². The number of hydrogen-bond acceptors (Lipinski definition) is 10. The van der Waals surface area contributed by atoms with E-state index in [0.29, 0.717) is 0 Å². The molecule has 2 atom stereocenters. The summed E-state index contributed by atoms with van der Waals surface area (Å²) in [7, 11) is 0. The Morgan fingerprint density at radius 2 is 0.969 bits per heavy atom. The minimum absolute atomic E-state index is 0. The van der Waals surface area contributed by atoms with Crippen molar-refractivity contribution in [3.63, 3.8) is 0 Å². The van der Waals surface area contributed by atoms with Crippen molar-refractivity contribution in [2.24, 2.45) is 0 Å². The van der Waals surface area contributed by atoms with E-state index in [1.807, 2.05) is 0 Å². The summed E-state index contributed by atoms with van der Waals surface area (Å²) in [5, 5.41) is 56.6. The largest absolute Gasteiger partial charge is 2.00 e. The molecule has 0 aromatic carbocycles. The maximum atomic E-state index is 11.2. The number of carboxylic acid groups (broad SMARTS) is 3. The number of hydrogen-bond donors (Lipinski definition) is 6. The summed E-state index contributed by atoms with van der Waals surface area (Å²) in [4.78, 5) is 40.3. The standard InChI is InChI=1S/C18H34N4O9.Ca.2H/c23-12-14(15(25)13-24)22-7-5-20(10-17(28)29)3-1-19(9-16(26)27)2-4-21(6-8-22)11-18(30)31;;;/h14-15,23-25H,1-13H2,(H,26,27)(H,28,29)(H,30,31);;;/q;+2;2*-1/t14-,15-;;;/m1.../s1. The van der Waals surface area contributed by atoms with Crippen molar-refractivity contribution >= 4 is 55.6 Å². The van der Waals surface area contributed by atoms with Gasteiger partial charge < -0.3 is 33.5 Å². The molecule has 14 heteroatoms. The summed E-state index contributed by atoms with van der Waals surface area (Å²) >= 11 is 0. The van der Waals surface area contributed by atoms with Gasteiger partial charge >= 0.3 is 55.6 Å². The number of aliphatic carboxylic acids is 3. The molecule has 0 amide bonds. The summed E-state index contributed by atoms with van der Waals surface area (Å²) < 4.78 is 0. The Bertz CT molecular complexity index is 566. The summed E-state index contributed by atoms with van der Waals surface area (Å²) in [5.41, 5.74) is 0. The van der Waals surface area contributed by atoms with Gasteiger partial charge in [0.2, 0.25) is 0 Å².